The van der Waals surface area contributed by atoms with Crippen LogP contribution in [0.25, 0.3) is 0 Å². The number of carbonyl (C=O) groups excluding carboxylic acids is 2. The van der Waals surface area contributed by atoms with Gasteiger partial charge in [-0.3, -0.25) is 14.2 Å². The highest BCUT2D eigenvalue weighted by Gasteiger charge is 2.41. The molecular formula is C30H44F6N3O6P. The molecule has 0 aromatic heterocycles. The first kappa shape index (κ1) is 39.6. The lowest BCUT2D eigenvalue weighted by atomic mass is 9.84. The first-order chi connectivity index (χ1) is 21.4. The van der Waals surface area contributed by atoms with Gasteiger partial charge in [0.25, 0.3) is 0 Å². The maximum atomic E-state index is 14.1. The Morgan fingerprint density at radius 2 is 1.33 bits per heavy atom. The van der Waals surface area contributed by atoms with Crippen molar-refractivity contribution in [2.75, 3.05) is 51.5 Å². The minimum absolute atomic E-state index is 0.109. The van der Waals surface area contributed by atoms with Crippen LogP contribution in [-0.4, -0.2) is 70.7 Å². The Bertz CT molecular complexity index is 1180. The van der Waals surface area contributed by atoms with E-state index in [9.17, 15) is 40.5 Å². The Labute approximate surface area is 265 Å². The average molecular weight is 688 g/mol. The van der Waals surface area contributed by atoms with Crippen molar-refractivity contribution in [3.8, 4) is 0 Å². The molecule has 9 nitrogen and oxygen atoms in total. The number of alkyl halides is 6. The molecule has 0 fully saturated rings. The maximum Gasteiger partial charge on any atom is 0.471 e. The minimum atomic E-state index is -5.00. The standard InChI is InChI=1S/C30H44F6N3O6P/c1-22-28(2,3)24-21-23(13-14-25(24)39(22)17-9-5-6-10-18-43-4)46(42,44-19-11-7-15-37-26(40)29(31,32)33)45-20-12-8-16-38-27(41)30(34,35)36/h13-14,21H,1,5-12,15-20H2,2-4H3,(H,37,40)(H,38,41). The molecule has 0 spiro atoms. The van der Waals surface area contributed by atoms with Crippen molar-refractivity contribution < 1.29 is 54.3 Å². The van der Waals surface area contributed by atoms with Crippen LogP contribution in [0, 0.1) is 0 Å². The molecule has 0 saturated carbocycles. The number of nitrogens with zero attached hydrogens (tertiary/aromatic N) is 1. The van der Waals surface area contributed by atoms with Gasteiger partial charge < -0.3 is 29.3 Å². The number of ether oxygens (including phenoxy) is 1. The molecule has 1 aliphatic rings. The summed E-state index contributed by atoms with van der Waals surface area (Å²) in [5, 5.41) is 3.75. The van der Waals surface area contributed by atoms with E-state index < -0.39 is 37.2 Å². The predicted octanol–water partition coefficient (Wildman–Crippen LogP) is 6.27. The number of methoxy groups -OCH3 is 1. The van der Waals surface area contributed by atoms with Gasteiger partial charge in [-0.05, 0) is 62.3 Å². The first-order valence-corrected chi connectivity index (χ1v) is 16.7. The molecule has 16 heteroatoms. The van der Waals surface area contributed by atoms with Crippen LogP contribution in [-0.2, 0) is 33.4 Å². The van der Waals surface area contributed by atoms with E-state index in [1.165, 1.54) is 0 Å². The van der Waals surface area contributed by atoms with Crippen molar-refractivity contribution in [3.63, 3.8) is 0 Å². The largest absolute Gasteiger partial charge is 0.471 e. The third-order valence-corrected chi connectivity index (χ3v) is 9.49. The van der Waals surface area contributed by atoms with E-state index in [-0.39, 0.29) is 57.3 Å². The molecule has 0 radical (unpaired) electrons. The fourth-order valence-corrected chi connectivity index (χ4v) is 6.46. The molecule has 0 atom stereocenters. The minimum Gasteiger partial charge on any atom is -0.385 e. The highest BCUT2D eigenvalue weighted by atomic mass is 31.2. The number of carbonyl (C=O) groups is 2. The van der Waals surface area contributed by atoms with Crippen molar-refractivity contribution >= 4 is 30.4 Å². The average Bonchev–Trinajstić information content (AvgIpc) is 3.17. The van der Waals surface area contributed by atoms with Crippen molar-refractivity contribution in [1.29, 1.82) is 0 Å². The lowest BCUT2D eigenvalue weighted by Gasteiger charge is -2.26. The number of fused-ring (bicyclic) bond motifs is 1. The fourth-order valence-electron chi connectivity index (χ4n) is 4.81. The van der Waals surface area contributed by atoms with Gasteiger partial charge in [0.1, 0.15) is 0 Å². The topological polar surface area (TPSA) is 106 Å². The Balaban J connectivity index is 2.12. The Kier molecular flexibility index (Phi) is 15.1. The number of rotatable bonds is 20. The maximum absolute atomic E-state index is 14.1. The van der Waals surface area contributed by atoms with E-state index in [2.05, 4.69) is 11.5 Å². The Morgan fingerprint density at radius 3 is 1.83 bits per heavy atom. The van der Waals surface area contributed by atoms with Gasteiger partial charge in [-0.2, -0.15) is 26.3 Å². The zero-order valence-corrected chi connectivity index (χ0v) is 27.3. The third-order valence-electron chi connectivity index (χ3n) is 7.54. The number of benzene rings is 1. The van der Waals surface area contributed by atoms with Gasteiger partial charge in [0, 0.05) is 50.2 Å². The van der Waals surface area contributed by atoms with Crippen LogP contribution >= 0.6 is 7.60 Å². The number of nitrogens with one attached hydrogen (secondary N) is 2. The molecule has 1 aromatic carbocycles. The Morgan fingerprint density at radius 1 is 0.826 bits per heavy atom. The summed E-state index contributed by atoms with van der Waals surface area (Å²) in [5.74, 6) is -4.12. The summed E-state index contributed by atoms with van der Waals surface area (Å²) < 4.78 is 105. The van der Waals surface area contributed by atoms with Gasteiger partial charge >= 0.3 is 31.8 Å². The van der Waals surface area contributed by atoms with Crippen LogP contribution < -0.4 is 20.8 Å². The molecular weight excluding hydrogens is 643 g/mol. The normalized spacial score (nSPS) is 14.8. The van der Waals surface area contributed by atoms with Gasteiger partial charge in [0.2, 0.25) is 0 Å². The van der Waals surface area contributed by atoms with E-state index in [4.69, 9.17) is 13.8 Å². The smallest absolute Gasteiger partial charge is 0.385 e. The number of unbranched alkanes of at least 4 members (excludes halogenated alkanes) is 5. The fraction of sp³-hybridized carbons (Fsp3) is 0.667. The van der Waals surface area contributed by atoms with Crippen LogP contribution in [0.2, 0.25) is 0 Å². The van der Waals surface area contributed by atoms with Crippen LogP contribution in [0.3, 0.4) is 0 Å². The highest BCUT2D eigenvalue weighted by Crippen LogP contribution is 2.52. The zero-order valence-electron chi connectivity index (χ0n) is 26.5. The van der Waals surface area contributed by atoms with Crippen LogP contribution in [0.5, 0.6) is 0 Å². The van der Waals surface area contributed by atoms with Gasteiger partial charge in [-0.15, -0.1) is 0 Å². The van der Waals surface area contributed by atoms with E-state index in [1.807, 2.05) is 19.9 Å². The quantitative estimate of drug-likeness (QED) is 0.0946. The van der Waals surface area contributed by atoms with E-state index in [0.29, 0.717) is 6.61 Å². The molecule has 46 heavy (non-hydrogen) atoms. The lowest BCUT2D eigenvalue weighted by molar-refractivity contribution is -0.173. The molecule has 1 aromatic rings. The number of amides is 2. The summed E-state index contributed by atoms with van der Waals surface area (Å²) in [7, 11) is -2.35. The summed E-state index contributed by atoms with van der Waals surface area (Å²) >= 11 is 0. The molecule has 0 bridgehead atoms. The second-order valence-corrected chi connectivity index (χ2v) is 13.4. The second kappa shape index (κ2) is 17.5. The number of hydrogen-bond donors (Lipinski definition) is 2. The molecule has 0 unspecified atom stereocenters. The first-order valence-electron chi connectivity index (χ1n) is 15.1. The summed E-state index contributed by atoms with van der Waals surface area (Å²) in [6.45, 7) is 8.88. The van der Waals surface area contributed by atoms with Gasteiger partial charge in [-0.25, -0.2) is 0 Å². The van der Waals surface area contributed by atoms with Crippen LogP contribution in [0.15, 0.2) is 30.5 Å². The van der Waals surface area contributed by atoms with Gasteiger partial charge in [0.15, 0.2) is 0 Å². The monoisotopic (exact) mass is 687 g/mol. The zero-order chi connectivity index (χ0) is 34.6. The predicted molar refractivity (Wildman–Crippen MR) is 162 cm³/mol. The van der Waals surface area contributed by atoms with E-state index in [0.717, 1.165) is 49.2 Å². The number of allylic oxidation sites excluding steroid dienone is 1. The number of halogens is 6. The van der Waals surface area contributed by atoms with Crippen LogP contribution in [0.4, 0.5) is 32.0 Å². The number of anilines is 1. The molecule has 2 amide bonds. The summed E-state index contributed by atoms with van der Waals surface area (Å²) in [4.78, 5) is 24.1. The van der Waals surface area contributed by atoms with Crippen molar-refractivity contribution in [3.05, 3.63) is 36.0 Å². The SMILES string of the molecule is C=C1N(CCCCCCOC)c2ccc(P(=O)(OCCCCNC(=O)C(F)(F)F)OCCCCNC(=O)C(F)(F)F)cc2C1(C)C. The molecule has 262 valence electrons. The molecule has 0 aliphatic carbocycles. The van der Waals surface area contributed by atoms with Crippen molar-refractivity contribution in [2.24, 2.45) is 0 Å². The summed E-state index contributed by atoms with van der Waals surface area (Å²) in [6, 6.07) is 5.16. The molecule has 1 aliphatic heterocycles. The van der Waals surface area contributed by atoms with Gasteiger partial charge in [-0.1, -0.05) is 33.3 Å². The van der Waals surface area contributed by atoms with Gasteiger partial charge in [0.05, 0.1) is 18.5 Å². The van der Waals surface area contributed by atoms with Crippen molar-refractivity contribution in [1.82, 2.24) is 10.6 Å². The molecule has 2 rings (SSSR count). The Hall–Kier alpha value is -2.61. The molecule has 0 saturated heterocycles. The summed E-state index contributed by atoms with van der Waals surface area (Å²) in [6.07, 6.45) is -5.52. The third kappa shape index (κ3) is 11.6. The second-order valence-electron chi connectivity index (χ2n) is 11.4. The van der Waals surface area contributed by atoms with Crippen LogP contribution in [0.1, 0.15) is 70.8 Å². The van der Waals surface area contributed by atoms with E-state index >= 15 is 0 Å². The molecule has 1 heterocycles. The molecule has 2 N–H and O–H groups in total. The van der Waals surface area contributed by atoms with E-state index in [1.54, 1.807) is 29.9 Å². The summed E-state index contributed by atoms with van der Waals surface area (Å²) in [5.41, 5.74) is 2.11. The highest BCUT2D eigenvalue weighted by molar-refractivity contribution is 7.62. The van der Waals surface area contributed by atoms with Crippen molar-refractivity contribution in [2.45, 2.75) is 83.0 Å². The number of hydrogen-bond acceptors (Lipinski definition) is 7. The lowest BCUT2D eigenvalue weighted by Crippen LogP contribution is -2.37.